The quantitative estimate of drug-likeness (QED) is 0.131. The minimum Gasteiger partial charge on any atom is -0.455 e. The number of para-hydroxylation sites is 4. The maximum atomic E-state index is 6.46. The number of fused-ring (bicyclic) bond motifs is 3. The van der Waals surface area contributed by atoms with Crippen molar-refractivity contribution in [1.82, 2.24) is 0 Å². The smallest absolute Gasteiger partial charge is 0.143 e. The third kappa shape index (κ3) is 8.47. The third-order valence-electron chi connectivity index (χ3n) is 13.2. The molecule has 3 heteroatoms. The van der Waals surface area contributed by atoms with Crippen molar-refractivity contribution in [2.75, 3.05) is 10.2 Å². The normalized spacial score (nSPS) is 12.1. The van der Waals surface area contributed by atoms with E-state index in [1.165, 1.54) is 33.4 Å². The zero-order valence-corrected chi connectivity index (χ0v) is 38.4. The average Bonchev–Trinajstić information content (AvgIpc) is 3.64. The maximum Gasteiger partial charge on any atom is 0.143 e. The molecule has 70 heavy (non-hydrogen) atoms. The zero-order valence-electron chi connectivity index (χ0n) is 38.4. The molecule has 0 fully saturated rings. The van der Waals surface area contributed by atoms with E-state index < -0.39 is 0 Å². The summed E-state index contributed by atoms with van der Waals surface area (Å²) in [6.45, 7) is 0. The lowest BCUT2D eigenvalue weighted by atomic mass is 9.93. The molecule has 0 saturated carbocycles. The number of benzene rings is 10. The molecular formula is C67H46N2O. The molecular weight excluding hydrogens is 849 g/mol. The first-order valence-corrected chi connectivity index (χ1v) is 23.8. The molecule has 0 atom stereocenters. The van der Waals surface area contributed by atoms with Crippen LogP contribution in [0.2, 0.25) is 0 Å². The molecule has 0 saturated heterocycles. The first-order valence-electron chi connectivity index (χ1n) is 23.8. The van der Waals surface area contributed by atoms with Crippen LogP contribution in [0.4, 0.5) is 28.4 Å². The molecule has 11 aromatic rings. The summed E-state index contributed by atoms with van der Waals surface area (Å²) in [5.41, 5.74) is 20.7. The van der Waals surface area contributed by atoms with Gasteiger partial charge in [-0.1, -0.05) is 188 Å². The average molecular weight is 895 g/mol. The number of allylic oxidation sites excluding steroid dienone is 4. The van der Waals surface area contributed by atoms with E-state index in [9.17, 15) is 0 Å². The molecule has 0 radical (unpaired) electrons. The van der Waals surface area contributed by atoms with Crippen molar-refractivity contribution >= 4 is 61.5 Å². The van der Waals surface area contributed by atoms with E-state index >= 15 is 0 Å². The van der Waals surface area contributed by atoms with E-state index in [-0.39, 0.29) is 0 Å². The summed E-state index contributed by atoms with van der Waals surface area (Å²) >= 11 is 0. The van der Waals surface area contributed by atoms with Crippen molar-refractivity contribution in [1.29, 1.82) is 0 Å². The fraction of sp³-hybridized carbons (Fsp3) is 0.0149. The van der Waals surface area contributed by atoms with E-state index in [1.54, 1.807) is 0 Å². The number of hydrogen-bond acceptors (Lipinski definition) is 3. The fourth-order valence-electron chi connectivity index (χ4n) is 9.61. The predicted octanol–water partition coefficient (Wildman–Crippen LogP) is 18.3. The van der Waals surface area contributed by atoms with Gasteiger partial charge in [0.25, 0.3) is 0 Å². The summed E-state index contributed by atoms with van der Waals surface area (Å²) in [7, 11) is 0. The van der Waals surface area contributed by atoms with Crippen LogP contribution in [-0.2, 0) is 0 Å². The molecule has 1 aliphatic carbocycles. The Morgan fingerprint density at radius 1 is 0.386 bits per heavy atom. The molecule has 330 valence electrons. The lowest BCUT2D eigenvalue weighted by molar-refractivity contribution is 0.670. The van der Waals surface area contributed by atoms with E-state index in [2.05, 4.69) is 253 Å². The second-order valence-electron chi connectivity index (χ2n) is 17.6. The molecule has 0 bridgehead atoms. The van der Waals surface area contributed by atoms with Gasteiger partial charge in [0.2, 0.25) is 0 Å². The van der Waals surface area contributed by atoms with E-state index in [1.807, 2.05) is 30.3 Å². The number of rotatable bonds is 11. The minimum absolute atomic E-state index is 0.649. The van der Waals surface area contributed by atoms with Gasteiger partial charge in [-0.3, -0.25) is 0 Å². The number of hydrogen-bond donors (Lipinski definition) is 1. The molecule has 0 amide bonds. The highest BCUT2D eigenvalue weighted by atomic mass is 16.3. The Bertz CT molecular complexity index is 3720. The standard InChI is InChI=1S/C67H46N2O/c1-4-16-47(17-5-1)54-44-55(48-18-6-2-7-19-48)46-56(45-54)51-34-40-59(41-35-51)69(60-42-36-53(37-43-60)62-26-15-27-64-63-25-11-13-29-66(63)70-67(62)64)58-38-32-50(33-39-58)49-20-14-21-52(31-30-49)61-24-10-12-28-65(61)68-57-22-8-3-9-23-57/h1-13,15-19,22-46,68H,20H2. The zero-order chi connectivity index (χ0) is 46.6. The van der Waals surface area contributed by atoms with Crippen LogP contribution in [0.15, 0.2) is 265 Å². The van der Waals surface area contributed by atoms with Crippen LogP contribution in [0.5, 0.6) is 0 Å². The Labute approximate surface area is 409 Å². The summed E-state index contributed by atoms with van der Waals surface area (Å²) in [6, 6.07) is 88.2. The Morgan fingerprint density at radius 3 is 1.53 bits per heavy atom. The number of nitrogens with one attached hydrogen (secondary N) is 1. The number of anilines is 5. The predicted molar refractivity (Wildman–Crippen MR) is 295 cm³/mol. The molecule has 1 aliphatic rings. The van der Waals surface area contributed by atoms with Gasteiger partial charge < -0.3 is 14.6 Å². The summed E-state index contributed by atoms with van der Waals surface area (Å²) in [5.74, 6) is 6.95. The lowest BCUT2D eigenvalue weighted by Gasteiger charge is -2.26. The van der Waals surface area contributed by atoms with Gasteiger partial charge in [0, 0.05) is 62.3 Å². The van der Waals surface area contributed by atoms with E-state index in [0.717, 1.165) is 83.8 Å². The second kappa shape index (κ2) is 18.7. The van der Waals surface area contributed by atoms with Crippen molar-refractivity contribution in [2.45, 2.75) is 6.42 Å². The number of furan rings is 1. The van der Waals surface area contributed by atoms with Crippen molar-refractivity contribution in [3.8, 4) is 56.3 Å². The van der Waals surface area contributed by atoms with Crippen LogP contribution < -0.4 is 10.2 Å². The van der Waals surface area contributed by atoms with Crippen LogP contribution in [0.1, 0.15) is 17.5 Å². The van der Waals surface area contributed by atoms with Gasteiger partial charge in [-0.25, -0.2) is 0 Å². The second-order valence-corrected chi connectivity index (χ2v) is 17.6. The monoisotopic (exact) mass is 894 g/mol. The fourth-order valence-corrected chi connectivity index (χ4v) is 9.61. The lowest BCUT2D eigenvalue weighted by Crippen LogP contribution is -2.10. The van der Waals surface area contributed by atoms with Crippen molar-refractivity contribution in [2.24, 2.45) is 0 Å². The molecule has 1 aromatic heterocycles. The van der Waals surface area contributed by atoms with Crippen LogP contribution in [0.25, 0.3) is 77.6 Å². The highest BCUT2D eigenvalue weighted by molar-refractivity contribution is 6.09. The van der Waals surface area contributed by atoms with Gasteiger partial charge in [0.15, 0.2) is 0 Å². The highest BCUT2D eigenvalue weighted by Gasteiger charge is 2.17. The van der Waals surface area contributed by atoms with Crippen LogP contribution >= 0.6 is 0 Å². The Morgan fingerprint density at radius 2 is 0.886 bits per heavy atom. The van der Waals surface area contributed by atoms with Crippen LogP contribution in [-0.4, -0.2) is 0 Å². The Kier molecular flexibility index (Phi) is 11.2. The van der Waals surface area contributed by atoms with E-state index in [4.69, 9.17) is 4.42 Å². The van der Waals surface area contributed by atoms with E-state index in [0.29, 0.717) is 6.42 Å². The van der Waals surface area contributed by atoms with Gasteiger partial charge in [-0.05, 0) is 135 Å². The topological polar surface area (TPSA) is 28.4 Å². The highest BCUT2D eigenvalue weighted by Crippen LogP contribution is 2.41. The summed E-state index contributed by atoms with van der Waals surface area (Å²) < 4.78 is 6.46. The molecule has 0 spiro atoms. The largest absolute Gasteiger partial charge is 0.455 e. The molecule has 0 aliphatic heterocycles. The van der Waals surface area contributed by atoms with Crippen LogP contribution in [0.3, 0.4) is 0 Å². The van der Waals surface area contributed by atoms with Gasteiger partial charge in [0.05, 0.1) is 0 Å². The van der Waals surface area contributed by atoms with Crippen molar-refractivity contribution in [3.63, 3.8) is 0 Å². The van der Waals surface area contributed by atoms with Crippen molar-refractivity contribution < 1.29 is 4.42 Å². The SMILES string of the molecule is C1#CC(c2ccccc2Nc2ccccc2)=CC=C(c2ccc(N(c3ccc(-c4cc(-c5ccccc5)cc(-c5ccccc5)c4)cc3)c3ccc(-c4cccc5c4oc4ccccc45)cc3)cc2)C1. The van der Waals surface area contributed by atoms with Crippen LogP contribution in [0, 0.1) is 11.8 Å². The Hall–Kier alpha value is -9.36. The molecule has 12 rings (SSSR count). The van der Waals surface area contributed by atoms with Gasteiger partial charge in [0.1, 0.15) is 11.2 Å². The first kappa shape index (κ1) is 42.0. The number of nitrogens with zero attached hydrogens (tertiary/aromatic N) is 1. The van der Waals surface area contributed by atoms with Crippen molar-refractivity contribution in [3.05, 3.63) is 272 Å². The molecule has 10 aromatic carbocycles. The van der Waals surface area contributed by atoms with Gasteiger partial charge in [-0.2, -0.15) is 0 Å². The minimum atomic E-state index is 0.649. The summed E-state index contributed by atoms with van der Waals surface area (Å²) in [6.07, 6.45) is 5.02. The summed E-state index contributed by atoms with van der Waals surface area (Å²) in [4.78, 5) is 2.34. The third-order valence-corrected chi connectivity index (χ3v) is 13.2. The van der Waals surface area contributed by atoms with Gasteiger partial charge in [-0.15, -0.1) is 0 Å². The molecule has 1 N–H and O–H groups in total. The molecule has 1 heterocycles. The molecule has 0 unspecified atom stereocenters. The summed E-state index contributed by atoms with van der Waals surface area (Å²) in [5, 5.41) is 5.84. The first-order chi connectivity index (χ1) is 34.7. The van der Waals surface area contributed by atoms with Gasteiger partial charge >= 0.3 is 0 Å². The maximum absolute atomic E-state index is 6.46. The molecule has 3 nitrogen and oxygen atoms in total. The Balaban J connectivity index is 0.900.